The van der Waals surface area contributed by atoms with Crippen molar-refractivity contribution in [2.24, 2.45) is 5.92 Å². The van der Waals surface area contributed by atoms with Gasteiger partial charge in [-0.2, -0.15) is 0 Å². The number of carboxylic acid groups (broad SMARTS) is 1. The third kappa shape index (κ3) is 4.28. The number of aromatic carboxylic acids is 1. The lowest BCUT2D eigenvalue weighted by Gasteiger charge is -2.11. The summed E-state index contributed by atoms with van der Waals surface area (Å²) in [5, 5.41) is 12.0. The number of anilines is 1. The summed E-state index contributed by atoms with van der Waals surface area (Å²) in [7, 11) is 0. The van der Waals surface area contributed by atoms with Gasteiger partial charge in [-0.3, -0.25) is 4.79 Å². The van der Waals surface area contributed by atoms with Crippen LogP contribution in [0.3, 0.4) is 0 Å². The molecule has 1 saturated carbocycles. The van der Waals surface area contributed by atoms with E-state index in [1.165, 1.54) is 24.3 Å². The van der Waals surface area contributed by atoms with E-state index < -0.39 is 11.8 Å². The Bertz CT molecular complexity index is 836. The molecule has 25 heavy (non-hydrogen) atoms. The largest absolute Gasteiger partial charge is 0.489 e. The van der Waals surface area contributed by atoms with Gasteiger partial charge in [0.1, 0.15) is 18.2 Å². The molecule has 0 heterocycles. The van der Waals surface area contributed by atoms with Gasteiger partial charge in [0.2, 0.25) is 5.91 Å². The Morgan fingerprint density at radius 3 is 2.64 bits per heavy atom. The molecule has 1 aliphatic carbocycles. The molecule has 3 rings (SSSR count). The highest BCUT2D eigenvalue weighted by Gasteiger charge is 2.30. The van der Waals surface area contributed by atoms with Crippen LogP contribution >= 0.6 is 11.6 Å². The zero-order valence-electron chi connectivity index (χ0n) is 13.1. The normalized spacial score (nSPS) is 13.4. The lowest BCUT2D eigenvalue weighted by Crippen LogP contribution is -2.16. The van der Waals surface area contributed by atoms with E-state index in [1.807, 2.05) is 0 Å². The number of amides is 1. The standard InChI is InChI=1S/C18H15ClFNO4/c19-14-8-12(4-5-15(14)20)25-9-10-1-6-16(13(7-10)18(23)24)21-17(22)11-2-3-11/h1,4-8,11H,2-3,9H2,(H,21,22)(H,23,24). The van der Waals surface area contributed by atoms with E-state index in [1.54, 1.807) is 12.1 Å². The summed E-state index contributed by atoms with van der Waals surface area (Å²) in [6.45, 7) is 0.0824. The quantitative estimate of drug-likeness (QED) is 0.810. The number of nitrogens with one attached hydrogen (secondary N) is 1. The van der Waals surface area contributed by atoms with Crippen LogP contribution in [0.1, 0.15) is 28.8 Å². The molecule has 0 saturated heterocycles. The number of halogens is 2. The molecule has 7 heteroatoms. The third-order valence-corrected chi connectivity index (χ3v) is 4.11. The number of carbonyl (C=O) groups excluding carboxylic acids is 1. The summed E-state index contributed by atoms with van der Waals surface area (Å²) in [6.07, 6.45) is 1.67. The summed E-state index contributed by atoms with van der Waals surface area (Å²) < 4.78 is 18.6. The van der Waals surface area contributed by atoms with Gasteiger partial charge in [-0.05, 0) is 42.7 Å². The molecule has 5 nitrogen and oxygen atoms in total. The summed E-state index contributed by atoms with van der Waals surface area (Å²) in [4.78, 5) is 23.3. The predicted molar refractivity (Wildman–Crippen MR) is 90.5 cm³/mol. The van der Waals surface area contributed by atoms with Crippen LogP contribution in [0.5, 0.6) is 5.75 Å². The Morgan fingerprint density at radius 1 is 1.24 bits per heavy atom. The van der Waals surface area contributed by atoms with E-state index >= 15 is 0 Å². The summed E-state index contributed by atoms with van der Waals surface area (Å²) in [5.74, 6) is -1.49. The number of hydrogen-bond acceptors (Lipinski definition) is 3. The first-order valence-corrected chi connectivity index (χ1v) is 8.07. The fraction of sp³-hybridized carbons (Fsp3) is 0.222. The van der Waals surface area contributed by atoms with Crippen molar-refractivity contribution in [3.8, 4) is 5.75 Å². The van der Waals surface area contributed by atoms with E-state index in [4.69, 9.17) is 16.3 Å². The Kier molecular flexibility index (Phi) is 4.90. The maximum absolute atomic E-state index is 13.1. The monoisotopic (exact) mass is 363 g/mol. The van der Waals surface area contributed by atoms with E-state index in [-0.39, 0.29) is 34.7 Å². The number of carbonyl (C=O) groups is 2. The van der Waals surface area contributed by atoms with Crippen molar-refractivity contribution in [2.45, 2.75) is 19.4 Å². The van der Waals surface area contributed by atoms with Crippen molar-refractivity contribution in [2.75, 3.05) is 5.32 Å². The molecule has 1 fully saturated rings. The second-order valence-electron chi connectivity index (χ2n) is 5.81. The molecular weight excluding hydrogens is 349 g/mol. The van der Waals surface area contributed by atoms with Crippen molar-refractivity contribution >= 4 is 29.2 Å². The van der Waals surface area contributed by atoms with Crippen LogP contribution in [-0.4, -0.2) is 17.0 Å². The molecule has 0 spiro atoms. The Balaban J connectivity index is 1.73. The van der Waals surface area contributed by atoms with E-state index in [2.05, 4.69) is 5.32 Å². The summed E-state index contributed by atoms with van der Waals surface area (Å²) in [6, 6.07) is 8.62. The van der Waals surface area contributed by atoms with Crippen LogP contribution in [-0.2, 0) is 11.4 Å². The van der Waals surface area contributed by atoms with Crippen molar-refractivity contribution in [3.63, 3.8) is 0 Å². The average Bonchev–Trinajstić information content (AvgIpc) is 3.41. The minimum Gasteiger partial charge on any atom is -0.489 e. The first-order valence-electron chi connectivity index (χ1n) is 7.69. The predicted octanol–water partition coefficient (Wildman–Crippen LogP) is 4.10. The van der Waals surface area contributed by atoms with Crippen LogP contribution in [0.2, 0.25) is 5.02 Å². The van der Waals surface area contributed by atoms with Gasteiger partial charge >= 0.3 is 5.97 Å². The van der Waals surface area contributed by atoms with Gasteiger partial charge in [0.25, 0.3) is 0 Å². The minimum atomic E-state index is -1.14. The molecule has 1 aliphatic rings. The Hall–Kier alpha value is -2.60. The molecule has 2 aromatic rings. The molecule has 0 radical (unpaired) electrons. The molecule has 0 atom stereocenters. The summed E-state index contributed by atoms with van der Waals surface area (Å²) in [5.41, 5.74) is 0.854. The molecule has 0 unspecified atom stereocenters. The molecule has 0 aliphatic heterocycles. The van der Waals surface area contributed by atoms with Crippen molar-refractivity contribution < 1.29 is 23.8 Å². The second-order valence-corrected chi connectivity index (χ2v) is 6.22. The highest BCUT2D eigenvalue weighted by Crippen LogP contribution is 2.31. The number of rotatable bonds is 6. The number of benzene rings is 2. The third-order valence-electron chi connectivity index (χ3n) is 3.82. The van der Waals surface area contributed by atoms with Crippen molar-refractivity contribution in [1.82, 2.24) is 0 Å². The van der Waals surface area contributed by atoms with Crippen molar-refractivity contribution in [3.05, 3.63) is 58.4 Å². The lowest BCUT2D eigenvalue weighted by atomic mass is 10.1. The minimum absolute atomic E-state index is 0.00719. The smallest absolute Gasteiger partial charge is 0.337 e. The fourth-order valence-corrected chi connectivity index (χ4v) is 2.45. The maximum Gasteiger partial charge on any atom is 0.337 e. The van der Waals surface area contributed by atoms with E-state index in [0.29, 0.717) is 11.3 Å². The average molecular weight is 364 g/mol. The molecule has 130 valence electrons. The van der Waals surface area contributed by atoms with E-state index in [9.17, 15) is 19.1 Å². The zero-order valence-corrected chi connectivity index (χ0v) is 13.8. The van der Waals surface area contributed by atoms with E-state index in [0.717, 1.165) is 12.8 Å². The molecule has 2 aromatic carbocycles. The first kappa shape index (κ1) is 17.2. The maximum atomic E-state index is 13.1. The van der Waals surface area contributed by atoms with Crippen LogP contribution in [0, 0.1) is 11.7 Å². The molecule has 0 aromatic heterocycles. The fourth-order valence-electron chi connectivity index (χ4n) is 2.28. The van der Waals surface area contributed by atoms with Crippen molar-refractivity contribution in [1.29, 1.82) is 0 Å². The highest BCUT2D eigenvalue weighted by molar-refractivity contribution is 6.30. The number of carboxylic acids is 1. The van der Waals surface area contributed by atoms with Gasteiger partial charge in [-0.15, -0.1) is 0 Å². The molecular formula is C18H15ClFNO4. The number of ether oxygens (including phenoxy) is 1. The van der Waals surface area contributed by atoms with Gasteiger partial charge in [0.05, 0.1) is 16.3 Å². The second kappa shape index (κ2) is 7.11. The van der Waals surface area contributed by atoms with Gasteiger partial charge in [0.15, 0.2) is 0 Å². The van der Waals surface area contributed by atoms with Gasteiger partial charge in [-0.1, -0.05) is 17.7 Å². The Morgan fingerprint density at radius 2 is 2.00 bits per heavy atom. The first-order chi connectivity index (χ1) is 11.9. The van der Waals surface area contributed by atoms with Gasteiger partial charge in [0, 0.05) is 12.0 Å². The SMILES string of the molecule is O=C(O)c1cc(COc2ccc(F)c(Cl)c2)ccc1NC(=O)C1CC1. The van der Waals surface area contributed by atoms with Crippen LogP contribution in [0.4, 0.5) is 10.1 Å². The van der Waals surface area contributed by atoms with Gasteiger partial charge in [-0.25, -0.2) is 9.18 Å². The lowest BCUT2D eigenvalue weighted by molar-refractivity contribution is -0.117. The van der Waals surface area contributed by atoms with Crippen LogP contribution in [0.25, 0.3) is 0 Å². The molecule has 0 bridgehead atoms. The molecule has 2 N–H and O–H groups in total. The highest BCUT2D eigenvalue weighted by atomic mass is 35.5. The molecule has 1 amide bonds. The van der Waals surface area contributed by atoms with Crippen LogP contribution < -0.4 is 10.1 Å². The topological polar surface area (TPSA) is 75.6 Å². The zero-order chi connectivity index (χ0) is 18.0. The summed E-state index contributed by atoms with van der Waals surface area (Å²) >= 11 is 5.69. The van der Waals surface area contributed by atoms with Crippen LogP contribution in [0.15, 0.2) is 36.4 Å². The number of hydrogen-bond donors (Lipinski definition) is 2. The van der Waals surface area contributed by atoms with Gasteiger partial charge < -0.3 is 15.2 Å². The Labute approximate surface area is 148 Å².